The number of carbonyl (C=O) groups is 1. The van der Waals surface area contributed by atoms with Crippen LogP contribution < -0.4 is 5.32 Å². The Bertz CT molecular complexity index is 379. The first-order valence-electron chi connectivity index (χ1n) is 5.37. The molecule has 0 saturated heterocycles. The van der Waals surface area contributed by atoms with E-state index in [4.69, 9.17) is 0 Å². The zero-order valence-corrected chi connectivity index (χ0v) is 9.83. The average Bonchev–Trinajstić information content (AvgIpc) is 2.28. The van der Waals surface area contributed by atoms with Crippen LogP contribution in [0.5, 0.6) is 0 Å². The van der Waals surface area contributed by atoms with Crippen LogP contribution in [0.15, 0.2) is 30.3 Å². The number of nitrogens with one attached hydrogen (secondary N) is 1. The lowest BCUT2D eigenvalue weighted by Crippen LogP contribution is -2.45. The number of alkyl halides is 3. The first-order valence-corrected chi connectivity index (χ1v) is 5.37. The first kappa shape index (κ1) is 14.5. The fourth-order valence-corrected chi connectivity index (χ4v) is 1.31. The van der Waals surface area contributed by atoms with Gasteiger partial charge in [-0.05, 0) is 5.56 Å². The molecule has 0 amide bonds. The van der Waals surface area contributed by atoms with Gasteiger partial charge >= 0.3 is 12.1 Å². The molecule has 6 heteroatoms. The van der Waals surface area contributed by atoms with E-state index in [0.717, 1.165) is 12.5 Å². The predicted octanol–water partition coefficient (Wildman–Crippen LogP) is 2.27. The Hall–Kier alpha value is -1.56. The average molecular weight is 261 g/mol. The second-order valence-electron chi connectivity index (χ2n) is 3.76. The van der Waals surface area contributed by atoms with Crippen molar-refractivity contribution in [1.29, 1.82) is 0 Å². The van der Waals surface area contributed by atoms with Crippen molar-refractivity contribution in [3.63, 3.8) is 0 Å². The Kier molecular flexibility index (Phi) is 5.15. The predicted molar refractivity (Wildman–Crippen MR) is 59.8 cm³/mol. The summed E-state index contributed by atoms with van der Waals surface area (Å²) in [6.07, 6.45) is -4.45. The van der Waals surface area contributed by atoms with Gasteiger partial charge in [-0.2, -0.15) is 13.2 Å². The zero-order valence-electron chi connectivity index (χ0n) is 9.83. The topological polar surface area (TPSA) is 38.3 Å². The minimum absolute atomic E-state index is 0.0618. The normalized spacial score (nSPS) is 13.1. The summed E-state index contributed by atoms with van der Waals surface area (Å²) in [6, 6.07) is 6.83. The minimum atomic E-state index is -4.45. The van der Waals surface area contributed by atoms with E-state index >= 15 is 0 Å². The molecule has 0 aliphatic rings. The smallest absolute Gasteiger partial charge is 0.407 e. The maximum Gasteiger partial charge on any atom is 0.407 e. The zero-order chi connectivity index (χ0) is 13.6. The molecule has 0 saturated carbocycles. The minimum Gasteiger partial charge on any atom is -0.464 e. The van der Waals surface area contributed by atoms with Gasteiger partial charge in [-0.25, -0.2) is 0 Å². The van der Waals surface area contributed by atoms with Crippen molar-refractivity contribution in [3.8, 4) is 0 Å². The van der Waals surface area contributed by atoms with Gasteiger partial charge in [0.2, 0.25) is 0 Å². The molecule has 1 aromatic rings. The number of hydrogen-bond donors (Lipinski definition) is 1. The van der Waals surface area contributed by atoms with E-state index in [1.54, 1.807) is 30.3 Å². The molecule has 100 valence electrons. The van der Waals surface area contributed by atoms with Crippen LogP contribution in [0.4, 0.5) is 13.2 Å². The van der Waals surface area contributed by atoms with E-state index in [9.17, 15) is 18.0 Å². The number of carbonyl (C=O) groups excluding carboxylic acids is 1. The van der Waals surface area contributed by atoms with E-state index in [2.05, 4.69) is 10.1 Å². The summed E-state index contributed by atoms with van der Waals surface area (Å²) in [7, 11) is 0. The maximum atomic E-state index is 12.6. The van der Waals surface area contributed by atoms with Crippen LogP contribution in [0.1, 0.15) is 12.5 Å². The van der Waals surface area contributed by atoms with E-state index in [1.165, 1.54) is 0 Å². The van der Waals surface area contributed by atoms with Gasteiger partial charge in [-0.1, -0.05) is 30.3 Å². The third kappa shape index (κ3) is 5.18. The monoisotopic (exact) mass is 261 g/mol. The van der Waals surface area contributed by atoms with Crippen LogP contribution >= 0.6 is 0 Å². The van der Waals surface area contributed by atoms with Crippen molar-refractivity contribution >= 4 is 5.97 Å². The highest BCUT2D eigenvalue weighted by molar-refractivity contribution is 5.65. The summed E-state index contributed by atoms with van der Waals surface area (Å²) in [4.78, 5) is 10.5. The fraction of sp³-hybridized carbons (Fsp3) is 0.417. The van der Waals surface area contributed by atoms with Crippen LogP contribution in [0.25, 0.3) is 0 Å². The molecule has 1 unspecified atom stereocenters. The van der Waals surface area contributed by atoms with Crippen molar-refractivity contribution in [2.75, 3.05) is 6.61 Å². The third-order valence-electron chi connectivity index (χ3n) is 2.24. The SMILES string of the molecule is CC(=O)OCC(NCc1ccccc1)C(F)(F)F. The number of hydrogen-bond acceptors (Lipinski definition) is 3. The molecule has 0 aromatic heterocycles. The largest absolute Gasteiger partial charge is 0.464 e. The van der Waals surface area contributed by atoms with Gasteiger partial charge in [-0.15, -0.1) is 0 Å². The summed E-state index contributed by atoms with van der Waals surface area (Å²) < 4.78 is 42.3. The van der Waals surface area contributed by atoms with Gasteiger partial charge in [0.25, 0.3) is 0 Å². The molecular formula is C12H14F3NO2. The van der Waals surface area contributed by atoms with E-state index in [0.29, 0.717) is 0 Å². The molecule has 1 atom stereocenters. The number of rotatable bonds is 5. The molecule has 3 nitrogen and oxygen atoms in total. The molecule has 0 radical (unpaired) electrons. The molecule has 0 heterocycles. The number of halogens is 3. The summed E-state index contributed by atoms with van der Waals surface area (Å²) >= 11 is 0. The number of esters is 1. The van der Waals surface area contributed by atoms with E-state index in [-0.39, 0.29) is 6.54 Å². The van der Waals surface area contributed by atoms with Gasteiger partial charge in [0.1, 0.15) is 12.6 Å². The Balaban J connectivity index is 2.54. The van der Waals surface area contributed by atoms with Crippen LogP contribution in [-0.2, 0) is 16.1 Å². The Morgan fingerprint density at radius 2 is 1.94 bits per heavy atom. The van der Waals surface area contributed by atoms with Gasteiger partial charge in [0, 0.05) is 13.5 Å². The lowest BCUT2D eigenvalue weighted by atomic mass is 10.2. The highest BCUT2D eigenvalue weighted by Crippen LogP contribution is 2.20. The second-order valence-corrected chi connectivity index (χ2v) is 3.76. The highest BCUT2D eigenvalue weighted by Gasteiger charge is 2.40. The van der Waals surface area contributed by atoms with Gasteiger partial charge < -0.3 is 4.74 Å². The molecule has 1 rings (SSSR count). The van der Waals surface area contributed by atoms with Crippen molar-refractivity contribution in [1.82, 2.24) is 5.32 Å². The van der Waals surface area contributed by atoms with Crippen molar-refractivity contribution in [3.05, 3.63) is 35.9 Å². The summed E-state index contributed by atoms with van der Waals surface area (Å²) in [5.41, 5.74) is 0.731. The van der Waals surface area contributed by atoms with Gasteiger partial charge in [-0.3, -0.25) is 10.1 Å². The molecule has 0 spiro atoms. The number of ether oxygens (including phenoxy) is 1. The molecule has 0 aliphatic heterocycles. The molecule has 1 aromatic carbocycles. The number of benzene rings is 1. The quantitative estimate of drug-likeness (QED) is 0.826. The highest BCUT2D eigenvalue weighted by atomic mass is 19.4. The third-order valence-corrected chi connectivity index (χ3v) is 2.24. The Labute approximate surface area is 103 Å². The summed E-state index contributed by atoms with van der Waals surface area (Å²) in [5, 5.41) is 2.33. The van der Waals surface area contributed by atoms with Crippen molar-refractivity contribution in [2.24, 2.45) is 0 Å². The molecular weight excluding hydrogens is 247 g/mol. The molecule has 0 fully saturated rings. The van der Waals surface area contributed by atoms with Gasteiger partial charge in [0.05, 0.1) is 0 Å². The standard InChI is InChI=1S/C12H14F3NO2/c1-9(17)18-8-11(12(13,14)15)16-7-10-5-3-2-4-6-10/h2-6,11,16H,7-8H2,1H3. The van der Waals surface area contributed by atoms with Gasteiger partial charge in [0.15, 0.2) is 0 Å². The lowest BCUT2D eigenvalue weighted by molar-refractivity contribution is -0.173. The molecule has 0 bridgehead atoms. The van der Waals surface area contributed by atoms with Crippen molar-refractivity contribution < 1.29 is 22.7 Å². The lowest BCUT2D eigenvalue weighted by Gasteiger charge is -2.21. The van der Waals surface area contributed by atoms with Crippen LogP contribution in [0.3, 0.4) is 0 Å². The maximum absolute atomic E-state index is 12.6. The van der Waals surface area contributed by atoms with Crippen LogP contribution in [0, 0.1) is 0 Å². The van der Waals surface area contributed by atoms with Crippen LogP contribution in [-0.4, -0.2) is 24.8 Å². The molecule has 18 heavy (non-hydrogen) atoms. The van der Waals surface area contributed by atoms with E-state index < -0.39 is 24.8 Å². The van der Waals surface area contributed by atoms with E-state index in [1.807, 2.05) is 0 Å². The van der Waals surface area contributed by atoms with Crippen LogP contribution in [0.2, 0.25) is 0 Å². The Morgan fingerprint density at radius 1 is 1.33 bits per heavy atom. The second kappa shape index (κ2) is 6.39. The van der Waals surface area contributed by atoms with Crippen molar-refractivity contribution in [2.45, 2.75) is 25.7 Å². The Morgan fingerprint density at radius 3 is 2.44 bits per heavy atom. The summed E-state index contributed by atoms with van der Waals surface area (Å²) in [6.45, 7) is 0.419. The molecule has 0 aliphatic carbocycles. The fourth-order valence-electron chi connectivity index (χ4n) is 1.31. The molecule has 1 N–H and O–H groups in total. The first-order chi connectivity index (χ1) is 8.39. The summed E-state index contributed by atoms with van der Waals surface area (Å²) in [5.74, 6) is -0.731.